The quantitative estimate of drug-likeness (QED) is 0.621. The SMILES string of the molecule is NC(=O)C1(OC(=O)C2CCCNC2)CC1. The van der Waals surface area contributed by atoms with E-state index in [0.29, 0.717) is 19.4 Å². The van der Waals surface area contributed by atoms with Crippen LogP contribution in [0.1, 0.15) is 25.7 Å². The number of primary amides is 1. The molecule has 1 saturated carbocycles. The lowest BCUT2D eigenvalue weighted by atomic mass is 10.00. The summed E-state index contributed by atoms with van der Waals surface area (Å²) in [7, 11) is 0. The van der Waals surface area contributed by atoms with Gasteiger partial charge in [-0.25, -0.2) is 0 Å². The molecule has 0 aromatic heterocycles. The van der Waals surface area contributed by atoms with Gasteiger partial charge in [-0.15, -0.1) is 0 Å². The van der Waals surface area contributed by atoms with E-state index in [0.717, 1.165) is 19.4 Å². The molecule has 1 heterocycles. The molecular formula is C10H16N2O3. The summed E-state index contributed by atoms with van der Waals surface area (Å²) in [5.41, 5.74) is 4.22. The van der Waals surface area contributed by atoms with Crippen LogP contribution in [0, 0.1) is 5.92 Å². The Hall–Kier alpha value is -1.10. The number of piperidine rings is 1. The largest absolute Gasteiger partial charge is 0.449 e. The highest BCUT2D eigenvalue weighted by molar-refractivity contribution is 5.89. The molecule has 1 aliphatic carbocycles. The molecule has 0 spiro atoms. The van der Waals surface area contributed by atoms with Crippen molar-refractivity contribution >= 4 is 11.9 Å². The third kappa shape index (κ3) is 2.12. The molecule has 0 bridgehead atoms. The van der Waals surface area contributed by atoms with Crippen molar-refractivity contribution in [1.29, 1.82) is 0 Å². The van der Waals surface area contributed by atoms with Crippen molar-refractivity contribution in [3.8, 4) is 0 Å². The molecule has 1 aliphatic heterocycles. The summed E-state index contributed by atoms with van der Waals surface area (Å²) in [4.78, 5) is 22.7. The van der Waals surface area contributed by atoms with Crippen molar-refractivity contribution in [2.75, 3.05) is 13.1 Å². The standard InChI is InChI=1S/C10H16N2O3/c11-9(14)10(3-4-10)15-8(13)7-2-1-5-12-6-7/h7,12H,1-6H2,(H2,11,14). The average Bonchev–Trinajstić information content (AvgIpc) is 3.00. The van der Waals surface area contributed by atoms with Crippen LogP contribution in [0.15, 0.2) is 0 Å². The van der Waals surface area contributed by atoms with Crippen molar-refractivity contribution in [1.82, 2.24) is 5.32 Å². The Morgan fingerprint density at radius 1 is 1.40 bits per heavy atom. The van der Waals surface area contributed by atoms with E-state index in [1.807, 2.05) is 0 Å². The number of amides is 1. The summed E-state index contributed by atoms with van der Waals surface area (Å²) in [6, 6.07) is 0. The number of rotatable bonds is 3. The molecule has 2 aliphatic rings. The van der Waals surface area contributed by atoms with Crippen LogP contribution in [0.5, 0.6) is 0 Å². The maximum Gasteiger partial charge on any atom is 0.311 e. The Morgan fingerprint density at radius 3 is 2.60 bits per heavy atom. The second kappa shape index (κ2) is 3.81. The minimum absolute atomic E-state index is 0.115. The summed E-state index contributed by atoms with van der Waals surface area (Å²) >= 11 is 0. The molecule has 2 rings (SSSR count). The summed E-state index contributed by atoms with van der Waals surface area (Å²) in [5.74, 6) is -0.909. The van der Waals surface area contributed by atoms with Gasteiger partial charge in [-0.2, -0.15) is 0 Å². The normalized spacial score (nSPS) is 28.1. The van der Waals surface area contributed by atoms with Crippen LogP contribution in [0.4, 0.5) is 0 Å². The van der Waals surface area contributed by atoms with E-state index >= 15 is 0 Å². The number of esters is 1. The Morgan fingerprint density at radius 2 is 2.13 bits per heavy atom. The lowest BCUT2D eigenvalue weighted by Crippen LogP contribution is -2.41. The molecular weight excluding hydrogens is 196 g/mol. The van der Waals surface area contributed by atoms with Crippen molar-refractivity contribution in [2.24, 2.45) is 11.7 Å². The number of nitrogens with one attached hydrogen (secondary N) is 1. The molecule has 0 aromatic rings. The number of carbonyl (C=O) groups is 2. The minimum atomic E-state index is -0.964. The highest BCUT2D eigenvalue weighted by atomic mass is 16.6. The molecule has 2 fully saturated rings. The van der Waals surface area contributed by atoms with Gasteiger partial charge in [0.2, 0.25) is 0 Å². The molecule has 3 N–H and O–H groups in total. The number of hydrogen-bond acceptors (Lipinski definition) is 4. The highest BCUT2D eigenvalue weighted by Crippen LogP contribution is 2.40. The molecule has 5 heteroatoms. The fraction of sp³-hybridized carbons (Fsp3) is 0.800. The topological polar surface area (TPSA) is 81.4 Å². The van der Waals surface area contributed by atoms with Gasteiger partial charge >= 0.3 is 5.97 Å². The van der Waals surface area contributed by atoms with E-state index in [1.54, 1.807) is 0 Å². The molecule has 1 saturated heterocycles. The van der Waals surface area contributed by atoms with Gasteiger partial charge in [-0.3, -0.25) is 9.59 Å². The van der Waals surface area contributed by atoms with E-state index in [4.69, 9.17) is 10.5 Å². The zero-order valence-electron chi connectivity index (χ0n) is 8.62. The lowest BCUT2D eigenvalue weighted by molar-refractivity contribution is -0.162. The van der Waals surface area contributed by atoms with Gasteiger partial charge in [0.15, 0.2) is 5.60 Å². The second-order valence-corrected chi connectivity index (χ2v) is 4.32. The van der Waals surface area contributed by atoms with E-state index < -0.39 is 11.5 Å². The lowest BCUT2D eigenvalue weighted by Gasteiger charge is -2.23. The molecule has 84 valence electrons. The third-order valence-corrected chi connectivity index (χ3v) is 3.08. The third-order valence-electron chi connectivity index (χ3n) is 3.08. The molecule has 1 amide bonds. The summed E-state index contributed by atoms with van der Waals surface area (Å²) in [5, 5.41) is 3.13. The minimum Gasteiger partial charge on any atom is -0.449 e. The van der Waals surface area contributed by atoms with Crippen molar-refractivity contribution < 1.29 is 14.3 Å². The van der Waals surface area contributed by atoms with E-state index in [-0.39, 0.29) is 11.9 Å². The predicted molar refractivity (Wildman–Crippen MR) is 52.8 cm³/mol. The molecule has 1 atom stereocenters. The Balaban J connectivity index is 1.89. The number of carbonyl (C=O) groups excluding carboxylic acids is 2. The van der Waals surface area contributed by atoms with Crippen LogP contribution in [-0.4, -0.2) is 30.6 Å². The first kappa shape index (κ1) is 10.4. The average molecular weight is 212 g/mol. The predicted octanol–water partition coefficient (Wildman–Crippen LogP) is -0.453. The number of ether oxygens (including phenoxy) is 1. The van der Waals surface area contributed by atoms with E-state index in [9.17, 15) is 9.59 Å². The van der Waals surface area contributed by atoms with Gasteiger partial charge in [0.05, 0.1) is 5.92 Å². The second-order valence-electron chi connectivity index (χ2n) is 4.32. The monoisotopic (exact) mass is 212 g/mol. The fourth-order valence-electron chi connectivity index (χ4n) is 1.84. The summed E-state index contributed by atoms with van der Waals surface area (Å²) in [6.07, 6.45) is 2.96. The van der Waals surface area contributed by atoms with Gasteiger partial charge < -0.3 is 15.8 Å². The molecule has 15 heavy (non-hydrogen) atoms. The maximum atomic E-state index is 11.7. The first-order chi connectivity index (χ1) is 7.14. The van der Waals surface area contributed by atoms with Crippen LogP contribution >= 0.6 is 0 Å². The van der Waals surface area contributed by atoms with E-state index in [2.05, 4.69) is 5.32 Å². The van der Waals surface area contributed by atoms with Crippen molar-refractivity contribution in [3.05, 3.63) is 0 Å². The van der Waals surface area contributed by atoms with Crippen LogP contribution < -0.4 is 11.1 Å². The number of nitrogens with two attached hydrogens (primary N) is 1. The van der Waals surface area contributed by atoms with Gasteiger partial charge in [0, 0.05) is 19.4 Å². The van der Waals surface area contributed by atoms with Gasteiger partial charge in [-0.1, -0.05) is 0 Å². The molecule has 0 aromatic carbocycles. The smallest absolute Gasteiger partial charge is 0.311 e. The summed E-state index contributed by atoms with van der Waals surface area (Å²) < 4.78 is 5.20. The van der Waals surface area contributed by atoms with Crippen molar-refractivity contribution in [2.45, 2.75) is 31.3 Å². The van der Waals surface area contributed by atoms with Crippen LogP contribution in [0.25, 0.3) is 0 Å². The molecule has 5 nitrogen and oxygen atoms in total. The fourth-order valence-corrected chi connectivity index (χ4v) is 1.84. The maximum absolute atomic E-state index is 11.7. The molecule has 0 radical (unpaired) electrons. The Labute approximate surface area is 88.3 Å². The number of hydrogen-bond donors (Lipinski definition) is 2. The zero-order chi connectivity index (χ0) is 10.9. The van der Waals surface area contributed by atoms with E-state index in [1.165, 1.54) is 0 Å². The Kier molecular flexibility index (Phi) is 2.65. The van der Waals surface area contributed by atoms with Gasteiger partial charge in [-0.05, 0) is 19.4 Å². The molecule has 1 unspecified atom stereocenters. The van der Waals surface area contributed by atoms with Gasteiger partial charge in [0.25, 0.3) is 5.91 Å². The van der Waals surface area contributed by atoms with Crippen LogP contribution in [0.2, 0.25) is 0 Å². The Bertz CT molecular complexity index is 280. The van der Waals surface area contributed by atoms with Gasteiger partial charge in [0.1, 0.15) is 0 Å². The van der Waals surface area contributed by atoms with Crippen LogP contribution in [-0.2, 0) is 14.3 Å². The first-order valence-electron chi connectivity index (χ1n) is 5.37. The zero-order valence-corrected chi connectivity index (χ0v) is 8.62. The summed E-state index contributed by atoms with van der Waals surface area (Å²) in [6.45, 7) is 1.60. The van der Waals surface area contributed by atoms with Crippen LogP contribution in [0.3, 0.4) is 0 Å². The van der Waals surface area contributed by atoms with Crippen molar-refractivity contribution in [3.63, 3.8) is 0 Å². The highest BCUT2D eigenvalue weighted by Gasteiger charge is 2.53. The first-order valence-corrected chi connectivity index (χ1v) is 5.37.